The van der Waals surface area contributed by atoms with E-state index in [1.165, 1.54) is 0 Å². The van der Waals surface area contributed by atoms with E-state index in [0.717, 1.165) is 38.2 Å². The molecule has 1 aliphatic heterocycles. The van der Waals surface area contributed by atoms with E-state index >= 15 is 0 Å². The molecule has 0 aromatic carbocycles. The number of aryl methyl sites for hydroxylation is 1. The monoisotopic (exact) mass is 308 g/mol. The second-order valence-electron chi connectivity index (χ2n) is 7.10. The third-order valence-corrected chi connectivity index (χ3v) is 4.17. The Bertz CT molecular complexity index is 487. The predicted octanol–water partition coefficient (Wildman–Crippen LogP) is 1.90. The van der Waals surface area contributed by atoms with Crippen molar-refractivity contribution in [1.82, 2.24) is 20.4 Å². The fraction of sp³-hybridized carbons (Fsp3) is 0.812. The molecule has 0 radical (unpaired) electrons. The van der Waals surface area contributed by atoms with Gasteiger partial charge in [-0.1, -0.05) is 25.9 Å². The van der Waals surface area contributed by atoms with Crippen LogP contribution in [0.15, 0.2) is 4.52 Å². The highest BCUT2D eigenvalue weighted by molar-refractivity contribution is 5.76. The molecule has 1 aliphatic rings. The number of carbonyl (C=O) groups is 1. The molecule has 1 amide bonds. The molecule has 0 atom stereocenters. The lowest BCUT2D eigenvalue weighted by atomic mass is 9.96. The summed E-state index contributed by atoms with van der Waals surface area (Å²) in [5, 5.41) is 7.33. The zero-order chi connectivity index (χ0) is 16.2. The van der Waals surface area contributed by atoms with E-state index in [9.17, 15) is 4.79 Å². The van der Waals surface area contributed by atoms with Crippen molar-refractivity contribution >= 4 is 5.91 Å². The van der Waals surface area contributed by atoms with Crippen LogP contribution in [0.3, 0.4) is 0 Å². The fourth-order valence-corrected chi connectivity index (χ4v) is 2.63. The zero-order valence-electron chi connectivity index (χ0n) is 14.2. The highest BCUT2D eigenvalue weighted by atomic mass is 16.5. The first-order valence-electron chi connectivity index (χ1n) is 8.17. The molecule has 0 saturated carbocycles. The normalized spacial score (nSPS) is 16.7. The Morgan fingerprint density at radius 2 is 2.05 bits per heavy atom. The number of nitrogens with zero attached hydrogens (tertiary/aromatic N) is 3. The van der Waals surface area contributed by atoms with Gasteiger partial charge in [0.25, 0.3) is 0 Å². The minimum Gasteiger partial charge on any atom is -0.343 e. The van der Waals surface area contributed by atoms with E-state index in [2.05, 4.69) is 36.2 Å². The summed E-state index contributed by atoms with van der Waals surface area (Å²) in [7, 11) is 1.92. The second-order valence-corrected chi connectivity index (χ2v) is 7.10. The number of carbonyl (C=O) groups excluding carboxylic acids is 1. The Balaban J connectivity index is 1.75. The van der Waals surface area contributed by atoms with Gasteiger partial charge in [-0.2, -0.15) is 4.98 Å². The lowest BCUT2D eigenvalue weighted by molar-refractivity contribution is -0.132. The summed E-state index contributed by atoms with van der Waals surface area (Å²) in [6, 6.07) is 0.379. The van der Waals surface area contributed by atoms with Gasteiger partial charge in [0.05, 0.1) is 0 Å². The lowest BCUT2D eigenvalue weighted by Crippen LogP contribution is -2.43. The molecule has 0 bridgehead atoms. The average Bonchev–Trinajstić information content (AvgIpc) is 2.96. The highest BCUT2D eigenvalue weighted by Crippen LogP contribution is 2.19. The molecule has 6 heteroatoms. The van der Waals surface area contributed by atoms with Gasteiger partial charge >= 0.3 is 0 Å². The van der Waals surface area contributed by atoms with Crippen molar-refractivity contribution in [3.05, 3.63) is 11.7 Å². The van der Waals surface area contributed by atoms with Crippen LogP contribution in [0.2, 0.25) is 0 Å². The standard InChI is InChI=1S/C16H28N4O2/c1-16(2,3)15-18-13(22-19-15)6-5-7-14(21)20(4)12-8-10-17-11-9-12/h12,17H,5-11H2,1-4H3. The number of hydrogen-bond acceptors (Lipinski definition) is 5. The number of hydrogen-bond donors (Lipinski definition) is 1. The maximum atomic E-state index is 12.2. The summed E-state index contributed by atoms with van der Waals surface area (Å²) in [4.78, 5) is 18.5. The molecular weight excluding hydrogens is 280 g/mol. The van der Waals surface area contributed by atoms with Crippen LogP contribution >= 0.6 is 0 Å². The Morgan fingerprint density at radius 3 is 2.64 bits per heavy atom. The smallest absolute Gasteiger partial charge is 0.226 e. The van der Waals surface area contributed by atoms with Crippen LogP contribution in [-0.4, -0.2) is 47.1 Å². The number of rotatable bonds is 5. The molecule has 1 saturated heterocycles. The van der Waals surface area contributed by atoms with Crippen LogP contribution in [0.5, 0.6) is 0 Å². The van der Waals surface area contributed by atoms with E-state index in [1.807, 2.05) is 11.9 Å². The molecule has 1 N–H and O–H groups in total. The summed E-state index contributed by atoms with van der Waals surface area (Å²) in [5.74, 6) is 1.56. The summed E-state index contributed by atoms with van der Waals surface area (Å²) in [6.45, 7) is 8.16. The topological polar surface area (TPSA) is 71.3 Å². The zero-order valence-corrected chi connectivity index (χ0v) is 14.2. The van der Waals surface area contributed by atoms with Gasteiger partial charge in [-0.3, -0.25) is 4.79 Å². The molecule has 2 heterocycles. The first kappa shape index (κ1) is 16.9. The third-order valence-electron chi connectivity index (χ3n) is 4.17. The number of piperidine rings is 1. The number of nitrogens with one attached hydrogen (secondary N) is 1. The van der Waals surface area contributed by atoms with Crippen LogP contribution in [0, 0.1) is 0 Å². The Morgan fingerprint density at radius 1 is 1.36 bits per heavy atom. The molecule has 0 spiro atoms. The fourth-order valence-electron chi connectivity index (χ4n) is 2.63. The largest absolute Gasteiger partial charge is 0.343 e. The van der Waals surface area contributed by atoms with Gasteiger partial charge < -0.3 is 14.7 Å². The Kier molecular flexibility index (Phi) is 5.56. The van der Waals surface area contributed by atoms with Gasteiger partial charge in [-0.05, 0) is 32.4 Å². The van der Waals surface area contributed by atoms with Gasteiger partial charge in [0.2, 0.25) is 11.8 Å². The molecule has 0 aliphatic carbocycles. The van der Waals surface area contributed by atoms with Crippen LogP contribution in [-0.2, 0) is 16.6 Å². The average molecular weight is 308 g/mol. The lowest BCUT2D eigenvalue weighted by Gasteiger charge is -2.31. The second kappa shape index (κ2) is 7.22. The minimum absolute atomic E-state index is 0.104. The molecular formula is C16H28N4O2. The summed E-state index contributed by atoms with van der Waals surface area (Å²) in [6.07, 6.45) is 4.03. The Hall–Kier alpha value is -1.43. The molecule has 0 unspecified atom stereocenters. The van der Waals surface area contributed by atoms with Crippen LogP contribution in [0.1, 0.15) is 58.2 Å². The summed E-state index contributed by atoms with van der Waals surface area (Å²) >= 11 is 0. The number of aromatic nitrogens is 2. The minimum atomic E-state index is -0.104. The van der Waals surface area contributed by atoms with Crippen molar-refractivity contribution in [2.75, 3.05) is 20.1 Å². The molecule has 1 fully saturated rings. The van der Waals surface area contributed by atoms with Crippen LogP contribution < -0.4 is 5.32 Å². The first-order chi connectivity index (χ1) is 10.4. The van der Waals surface area contributed by atoms with Gasteiger partial charge in [0.15, 0.2) is 5.82 Å². The van der Waals surface area contributed by atoms with Crippen molar-refractivity contribution < 1.29 is 9.32 Å². The predicted molar refractivity (Wildman–Crippen MR) is 84.6 cm³/mol. The molecule has 124 valence electrons. The van der Waals surface area contributed by atoms with Crippen molar-refractivity contribution in [3.63, 3.8) is 0 Å². The van der Waals surface area contributed by atoms with Crippen molar-refractivity contribution in [2.45, 2.75) is 64.3 Å². The first-order valence-corrected chi connectivity index (χ1v) is 8.17. The molecule has 1 aromatic rings. The summed E-state index contributed by atoms with van der Waals surface area (Å²) < 4.78 is 5.26. The van der Waals surface area contributed by atoms with Gasteiger partial charge in [-0.15, -0.1) is 0 Å². The van der Waals surface area contributed by atoms with Crippen LogP contribution in [0.4, 0.5) is 0 Å². The molecule has 1 aromatic heterocycles. The number of amides is 1. The van der Waals surface area contributed by atoms with Crippen molar-refractivity contribution in [3.8, 4) is 0 Å². The highest BCUT2D eigenvalue weighted by Gasteiger charge is 2.23. The SMILES string of the molecule is CN(C(=O)CCCc1nc(C(C)(C)C)no1)C1CCNCC1. The molecule has 2 rings (SSSR count). The molecule has 6 nitrogen and oxygen atoms in total. The third kappa shape index (κ3) is 4.53. The van der Waals surface area contributed by atoms with Gasteiger partial charge in [0, 0.05) is 31.3 Å². The quantitative estimate of drug-likeness (QED) is 0.899. The van der Waals surface area contributed by atoms with E-state index in [1.54, 1.807) is 0 Å². The van der Waals surface area contributed by atoms with Gasteiger partial charge in [0.1, 0.15) is 0 Å². The molecule has 22 heavy (non-hydrogen) atoms. The van der Waals surface area contributed by atoms with E-state index < -0.39 is 0 Å². The van der Waals surface area contributed by atoms with E-state index in [0.29, 0.717) is 24.8 Å². The van der Waals surface area contributed by atoms with Crippen molar-refractivity contribution in [1.29, 1.82) is 0 Å². The van der Waals surface area contributed by atoms with E-state index in [4.69, 9.17) is 4.52 Å². The van der Waals surface area contributed by atoms with E-state index in [-0.39, 0.29) is 11.3 Å². The summed E-state index contributed by atoms with van der Waals surface area (Å²) in [5.41, 5.74) is -0.104. The van der Waals surface area contributed by atoms with Gasteiger partial charge in [-0.25, -0.2) is 0 Å². The Labute approximate surface area is 132 Å². The van der Waals surface area contributed by atoms with Crippen molar-refractivity contribution in [2.24, 2.45) is 0 Å². The maximum absolute atomic E-state index is 12.2. The maximum Gasteiger partial charge on any atom is 0.226 e. The van der Waals surface area contributed by atoms with Crippen LogP contribution in [0.25, 0.3) is 0 Å².